The fourth-order valence-corrected chi connectivity index (χ4v) is 4.95. The third-order valence-electron chi connectivity index (χ3n) is 5.48. The van der Waals surface area contributed by atoms with Crippen LogP contribution in [0.5, 0.6) is 0 Å². The minimum absolute atomic E-state index is 0.152. The smallest absolute Gasteiger partial charge is 0.310 e. The highest BCUT2D eigenvalue weighted by Crippen LogP contribution is 2.38. The molecule has 3 atom stereocenters. The molecule has 144 valence electrons. The SMILES string of the molecule is CCC(C)OC(=O)C1CC=CCC1C(=O)Nc1sc2c(c1C#N)CCCC2. The highest BCUT2D eigenvalue weighted by atomic mass is 32.1. The van der Waals surface area contributed by atoms with E-state index >= 15 is 0 Å². The first-order valence-corrected chi connectivity index (χ1v) is 10.6. The number of nitrogens with one attached hydrogen (secondary N) is 1. The number of nitrogens with zero attached hydrogens (tertiary/aromatic N) is 1. The minimum atomic E-state index is -0.468. The predicted molar refractivity (Wildman–Crippen MR) is 106 cm³/mol. The number of hydrogen-bond acceptors (Lipinski definition) is 5. The van der Waals surface area contributed by atoms with E-state index in [0.29, 0.717) is 23.4 Å². The molecule has 3 rings (SSSR count). The molecule has 27 heavy (non-hydrogen) atoms. The lowest BCUT2D eigenvalue weighted by Gasteiger charge is -2.27. The van der Waals surface area contributed by atoms with E-state index in [1.54, 1.807) is 0 Å². The first-order chi connectivity index (χ1) is 13.0. The Hall–Kier alpha value is -2.13. The Kier molecular flexibility index (Phi) is 6.33. The summed E-state index contributed by atoms with van der Waals surface area (Å²) in [7, 11) is 0. The molecule has 0 aromatic carbocycles. The van der Waals surface area contributed by atoms with Crippen LogP contribution in [0.2, 0.25) is 0 Å². The highest BCUT2D eigenvalue weighted by Gasteiger charge is 2.36. The Morgan fingerprint density at radius 2 is 2.00 bits per heavy atom. The van der Waals surface area contributed by atoms with Gasteiger partial charge in [0, 0.05) is 4.88 Å². The Bertz CT molecular complexity index is 790. The molecule has 0 spiro atoms. The van der Waals surface area contributed by atoms with E-state index in [1.165, 1.54) is 16.2 Å². The number of hydrogen-bond donors (Lipinski definition) is 1. The molecule has 2 aliphatic carbocycles. The third-order valence-corrected chi connectivity index (χ3v) is 6.69. The van der Waals surface area contributed by atoms with Gasteiger partial charge >= 0.3 is 5.97 Å². The summed E-state index contributed by atoms with van der Waals surface area (Å²) >= 11 is 1.51. The largest absolute Gasteiger partial charge is 0.462 e. The van der Waals surface area contributed by atoms with E-state index < -0.39 is 11.8 Å². The number of thiophene rings is 1. The molecule has 0 bridgehead atoms. The van der Waals surface area contributed by atoms with Crippen molar-refractivity contribution in [2.45, 2.75) is 64.9 Å². The molecular weight excluding hydrogens is 360 g/mol. The Labute approximate surface area is 164 Å². The zero-order valence-electron chi connectivity index (χ0n) is 15.9. The van der Waals surface area contributed by atoms with Gasteiger partial charge < -0.3 is 10.1 Å². The zero-order valence-corrected chi connectivity index (χ0v) is 16.7. The summed E-state index contributed by atoms with van der Waals surface area (Å²) in [5, 5.41) is 13.2. The topological polar surface area (TPSA) is 79.2 Å². The maximum Gasteiger partial charge on any atom is 0.310 e. The first-order valence-electron chi connectivity index (χ1n) is 9.76. The summed E-state index contributed by atoms with van der Waals surface area (Å²) in [4.78, 5) is 26.7. The number of carbonyl (C=O) groups is 2. The van der Waals surface area contributed by atoms with Crippen LogP contribution in [0.25, 0.3) is 0 Å². The molecule has 0 fully saturated rings. The zero-order chi connectivity index (χ0) is 19.4. The summed E-state index contributed by atoms with van der Waals surface area (Å²) < 4.78 is 5.48. The number of esters is 1. The van der Waals surface area contributed by atoms with E-state index in [2.05, 4.69) is 11.4 Å². The number of allylic oxidation sites excluding steroid dienone is 2. The van der Waals surface area contributed by atoms with Gasteiger partial charge in [0.05, 0.1) is 23.5 Å². The molecule has 3 unspecified atom stereocenters. The Morgan fingerprint density at radius 1 is 1.30 bits per heavy atom. The molecule has 0 radical (unpaired) electrons. The Balaban J connectivity index is 1.76. The van der Waals surface area contributed by atoms with Crippen molar-refractivity contribution in [3.05, 3.63) is 28.2 Å². The van der Waals surface area contributed by atoms with E-state index in [1.807, 2.05) is 26.0 Å². The van der Waals surface area contributed by atoms with Crippen molar-refractivity contribution >= 4 is 28.2 Å². The number of carbonyl (C=O) groups excluding carboxylic acids is 2. The van der Waals surface area contributed by atoms with E-state index in [9.17, 15) is 14.9 Å². The van der Waals surface area contributed by atoms with Crippen molar-refractivity contribution in [1.82, 2.24) is 0 Å². The maximum atomic E-state index is 13.0. The van der Waals surface area contributed by atoms with Crippen molar-refractivity contribution in [2.75, 3.05) is 5.32 Å². The number of amides is 1. The summed E-state index contributed by atoms with van der Waals surface area (Å²) in [6, 6.07) is 2.27. The van der Waals surface area contributed by atoms with Gasteiger partial charge in [0.15, 0.2) is 0 Å². The number of anilines is 1. The molecule has 5 nitrogen and oxygen atoms in total. The van der Waals surface area contributed by atoms with Gasteiger partial charge in [0.25, 0.3) is 0 Å². The second kappa shape index (κ2) is 8.71. The van der Waals surface area contributed by atoms with Gasteiger partial charge in [-0.2, -0.15) is 5.26 Å². The number of nitriles is 1. The summed E-state index contributed by atoms with van der Waals surface area (Å²) in [6.45, 7) is 3.83. The van der Waals surface area contributed by atoms with Crippen LogP contribution in [0, 0.1) is 23.2 Å². The molecule has 6 heteroatoms. The first kappa shape index (κ1) is 19.6. The number of rotatable bonds is 5. The van der Waals surface area contributed by atoms with Crippen molar-refractivity contribution in [2.24, 2.45) is 11.8 Å². The normalized spacial score (nSPS) is 22.4. The highest BCUT2D eigenvalue weighted by molar-refractivity contribution is 7.16. The molecule has 1 aromatic heterocycles. The third kappa shape index (κ3) is 4.24. The van der Waals surface area contributed by atoms with Crippen molar-refractivity contribution in [3.8, 4) is 6.07 Å². The van der Waals surface area contributed by atoms with Crippen LogP contribution in [-0.2, 0) is 27.2 Å². The second-order valence-electron chi connectivity index (χ2n) is 7.33. The summed E-state index contributed by atoms with van der Waals surface area (Å²) in [5.74, 6) is -1.43. The molecular formula is C21H26N2O3S. The van der Waals surface area contributed by atoms with Crippen LogP contribution >= 0.6 is 11.3 Å². The van der Waals surface area contributed by atoms with Crippen LogP contribution in [0.1, 0.15) is 62.0 Å². The average molecular weight is 387 g/mol. The number of aryl methyl sites for hydroxylation is 1. The van der Waals surface area contributed by atoms with Gasteiger partial charge in [0.1, 0.15) is 11.1 Å². The minimum Gasteiger partial charge on any atom is -0.462 e. The lowest BCUT2D eigenvalue weighted by Crippen LogP contribution is -2.36. The fraction of sp³-hybridized carbons (Fsp3) is 0.571. The molecule has 1 amide bonds. The van der Waals surface area contributed by atoms with Gasteiger partial charge in [0.2, 0.25) is 5.91 Å². The maximum absolute atomic E-state index is 13.0. The van der Waals surface area contributed by atoms with Crippen molar-refractivity contribution < 1.29 is 14.3 Å². The van der Waals surface area contributed by atoms with Gasteiger partial charge in [-0.15, -0.1) is 11.3 Å². The van der Waals surface area contributed by atoms with Gasteiger partial charge in [-0.1, -0.05) is 19.1 Å². The van der Waals surface area contributed by atoms with Gasteiger partial charge in [-0.05, 0) is 57.4 Å². The molecule has 1 heterocycles. The number of ether oxygens (including phenoxy) is 1. The summed E-state index contributed by atoms with van der Waals surface area (Å²) in [5.41, 5.74) is 1.70. The fourth-order valence-electron chi connectivity index (χ4n) is 3.71. The lowest BCUT2D eigenvalue weighted by atomic mass is 9.82. The van der Waals surface area contributed by atoms with Crippen LogP contribution < -0.4 is 5.32 Å². The van der Waals surface area contributed by atoms with Gasteiger partial charge in [-0.3, -0.25) is 9.59 Å². The van der Waals surface area contributed by atoms with Crippen molar-refractivity contribution in [1.29, 1.82) is 5.26 Å². The van der Waals surface area contributed by atoms with Gasteiger partial charge in [-0.25, -0.2) is 0 Å². The predicted octanol–water partition coefficient (Wildman–Crippen LogP) is 4.36. The number of fused-ring (bicyclic) bond motifs is 1. The molecule has 0 saturated heterocycles. The van der Waals surface area contributed by atoms with E-state index in [0.717, 1.165) is 37.7 Å². The van der Waals surface area contributed by atoms with Crippen LogP contribution in [0.15, 0.2) is 12.2 Å². The average Bonchev–Trinajstić information content (AvgIpc) is 3.04. The van der Waals surface area contributed by atoms with E-state index in [-0.39, 0.29) is 18.0 Å². The molecule has 2 aliphatic rings. The monoisotopic (exact) mass is 386 g/mol. The summed E-state index contributed by atoms with van der Waals surface area (Å²) in [6.07, 6.45) is 9.60. The molecule has 1 N–H and O–H groups in total. The second-order valence-corrected chi connectivity index (χ2v) is 8.43. The van der Waals surface area contributed by atoms with Crippen LogP contribution in [0.4, 0.5) is 5.00 Å². The van der Waals surface area contributed by atoms with Crippen LogP contribution in [0.3, 0.4) is 0 Å². The molecule has 0 saturated carbocycles. The lowest BCUT2D eigenvalue weighted by molar-refractivity contribution is -0.157. The van der Waals surface area contributed by atoms with Crippen molar-refractivity contribution in [3.63, 3.8) is 0 Å². The molecule has 0 aliphatic heterocycles. The molecule has 1 aromatic rings. The Morgan fingerprint density at radius 3 is 2.70 bits per heavy atom. The van der Waals surface area contributed by atoms with Crippen LogP contribution in [-0.4, -0.2) is 18.0 Å². The standard InChI is InChI=1S/C21H26N2O3S/c1-3-13(2)26-21(25)16-10-5-4-9-15(16)19(24)23-20-17(12-22)14-8-6-7-11-18(14)27-20/h4-5,13,15-16H,3,6-11H2,1-2H3,(H,23,24). The van der Waals surface area contributed by atoms with E-state index in [4.69, 9.17) is 4.74 Å². The quantitative estimate of drug-likeness (QED) is 0.602.